The van der Waals surface area contributed by atoms with Gasteiger partial charge in [0.1, 0.15) is 5.75 Å². The third kappa shape index (κ3) is 1.73. The van der Waals surface area contributed by atoms with E-state index in [9.17, 15) is 15.0 Å². The van der Waals surface area contributed by atoms with Gasteiger partial charge in [-0.05, 0) is 23.3 Å². The lowest BCUT2D eigenvalue weighted by Gasteiger charge is -2.18. The highest BCUT2D eigenvalue weighted by atomic mass is 16.3. The number of phenols is 1. The number of ketones is 1. The summed E-state index contributed by atoms with van der Waals surface area (Å²) in [5.41, 5.74) is 7.32. The Balaban J connectivity index is 2.57. The number of benzene rings is 1. The summed E-state index contributed by atoms with van der Waals surface area (Å²) >= 11 is 0. The summed E-state index contributed by atoms with van der Waals surface area (Å²) in [6.45, 7) is 0.110. The summed E-state index contributed by atoms with van der Waals surface area (Å²) in [6.07, 6.45) is 2.47. The van der Waals surface area contributed by atoms with Gasteiger partial charge in [0.05, 0.1) is 6.10 Å². The Morgan fingerprint density at radius 3 is 2.81 bits per heavy atom. The molecule has 0 saturated heterocycles. The smallest absolute Gasteiger partial charge is 0.160 e. The zero-order valence-corrected chi connectivity index (χ0v) is 8.68. The van der Waals surface area contributed by atoms with E-state index in [4.69, 9.17) is 5.73 Å². The first-order valence-corrected chi connectivity index (χ1v) is 5.07. The van der Waals surface area contributed by atoms with Crippen LogP contribution in [0.1, 0.15) is 22.8 Å². The highest BCUT2D eigenvalue weighted by molar-refractivity contribution is 5.99. The summed E-state index contributed by atoms with van der Waals surface area (Å²) in [5.74, 6) is 0.0304. The number of carbonyl (C=O) groups excluding carboxylic acids is 1. The minimum atomic E-state index is -0.771. The van der Waals surface area contributed by atoms with E-state index in [0.717, 1.165) is 0 Å². The van der Waals surface area contributed by atoms with Crippen LogP contribution in [0.25, 0.3) is 6.08 Å². The van der Waals surface area contributed by atoms with Gasteiger partial charge in [-0.25, -0.2) is 0 Å². The van der Waals surface area contributed by atoms with E-state index in [2.05, 4.69) is 0 Å². The molecule has 1 atom stereocenters. The van der Waals surface area contributed by atoms with Crippen LogP contribution in [0.2, 0.25) is 0 Å². The van der Waals surface area contributed by atoms with Crippen molar-refractivity contribution in [2.24, 2.45) is 5.73 Å². The molecule has 0 saturated carbocycles. The number of nitrogens with two attached hydrogens (primary N) is 1. The third-order valence-corrected chi connectivity index (χ3v) is 2.74. The number of hydrogen-bond donors (Lipinski definition) is 3. The topological polar surface area (TPSA) is 83.6 Å². The van der Waals surface area contributed by atoms with Gasteiger partial charge in [-0.2, -0.15) is 0 Å². The van der Waals surface area contributed by atoms with Crippen molar-refractivity contribution in [1.82, 2.24) is 0 Å². The molecule has 1 aliphatic carbocycles. The van der Waals surface area contributed by atoms with Gasteiger partial charge in [0.25, 0.3) is 0 Å². The maximum absolute atomic E-state index is 11.2. The van der Waals surface area contributed by atoms with Crippen LogP contribution >= 0.6 is 0 Å². The molecule has 4 N–H and O–H groups in total. The van der Waals surface area contributed by atoms with E-state index in [1.807, 2.05) is 0 Å². The number of aliphatic hydroxyl groups excluding tert-OH is 1. The van der Waals surface area contributed by atoms with Gasteiger partial charge in [-0.3, -0.25) is 4.79 Å². The fourth-order valence-electron chi connectivity index (χ4n) is 1.88. The number of allylic oxidation sites excluding steroid dienone is 1. The number of phenolic OH excluding ortho intramolecular Hbond substituents is 1. The number of fused-ring (bicyclic) bond motifs is 1. The molecule has 1 aromatic carbocycles. The van der Waals surface area contributed by atoms with Crippen LogP contribution in [0.15, 0.2) is 18.2 Å². The first-order chi connectivity index (χ1) is 7.63. The van der Waals surface area contributed by atoms with Gasteiger partial charge >= 0.3 is 0 Å². The van der Waals surface area contributed by atoms with Crippen LogP contribution in [0.3, 0.4) is 0 Å². The molecule has 0 unspecified atom stereocenters. The number of aliphatic hydroxyl groups is 1. The summed E-state index contributed by atoms with van der Waals surface area (Å²) in [5, 5.41) is 19.4. The van der Waals surface area contributed by atoms with Crippen LogP contribution in [-0.4, -0.2) is 22.5 Å². The number of rotatable bonds is 2. The molecule has 0 heterocycles. The molecule has 0 spiro atoms. The fourth-order valence-corrected chi connectivity index (χ4v) is 1.88. The highest BCUT2D eigenvalue weighted by Crippen LogP contribution is 2.32. The number of hydrogen-bond acceptors (Lipinski definition) is 4. The van der Waals surface area contributed by atoms with Gasteiger partial charge in [-0.1, -0.05) is 12.1 Å². The average Bonchev–Trinajstić information content (AvgIpc) is 2.29. The first-order valence-electron chi connectivity index (χ1n) is 5.07. The largest absolute Gasteiger partial charge is 0.508 e. The molecular formula is C12H13NO3. The van der Waals surface area contributed by atoms with E-state index >= 15 is 0 Å². The molecule has 2 rings (SSSR count). The third-order valence-electron chi connectivity index (χ3n) is 2.74. The second kappa shape index (κ2) is 4.08. The molecule has 1 aromatic rings. The zero-order chi connectivity index (χ0) is 11.7. The van der Waals surface area contributed by atoms with Gasteiger partial charge < -0.3 is 15.9 Å². The second-order valence-electron chi connectivity index (χ2n) is 3.79. The summed E-state index contributed by atoms with van der Waals surface area (Å²) < 4.78 is 0. The monoisotopic (exact) mass is 219 g/mol. The Morgan fingerprint density at radius 1 is 1.38 bits per heavy atom. The maximum Gasteiger partial charge on any atom is 0.160 e. The van der Waals surface area contributed by atoms with Gasteiger partial charge in [0, 0.05) is 18.5 Å². The van der Waals surface area contributed by atoms with Crippen molar-refractivity contribution in [1.29, 1.82) is 0 Å². The molecule has 0 bridgehead atoms. The van der Waals surface area contributed by atoms with Crippen LogP contribution in [-0.2, 0) is 11.2 Å². The van der Waals surface area contributed by atoms with Crippen LogP contribution in [0.4, 0.5) is 0 Å². The van der Waals surface area contributed by atoms with Crippen molar-refractivity contribution in [2.45, 2.75) is 12.5 Å². The van der Waals surface area contributed by atoms with E-state index in [-0.39, 0.29) is 24.5 Å². The number of carbonyl (C=O) groups is 1. The number of aromatic hydroxyl groups is 1. The Hall–Kier alpha value is -1.65. The summed E-state index contributed by atoms with van der Waals surface area (Å²) in [6, 6.07) is 3.12. The lowest BCUT2D eigenvalue weighted by atomic mass is 9.89. The molecular weight excluding hydrogens is 206 g/mol. The lowest BCUT2D eigenvalue weighted by Crippen LogP contribution is -2.15. The van der Waals surface area contributed by atoms with Crippen molar-refractivity contribution < 1.29 is 15.0 Å². The molecule has 0 fully saturated rings. The van der Waals surface area contributed by atoms with E-state index in [0.29, 0.717) is 16.7 Å². The van der Waals surface area contributed by atoms with Gasteiger partial charge in [-0.15, -0.1) is 0 Å². The molecule has 0 aliphatic heterocycles. The van der Waals surface area contributed by atoms with Gasteiger partial charge in [0.2, 0.25) is 0 Å². The van der Waals surface area contributed by atoms with Gasteiger partial charge in [0.15, 0.2) is 5.78 Å². The average molecular weight is 219 g/mol. The van der Waals surface area contributed by atoms with E-state index < -0.39 is 6.10 Å². The normalized spacial score (nSPS) is 16.0. The maximum atomic E-state index is 11.2. The predicted molar refractivity (Wildman–Crippen MR) is 59.9 cm³/mol. The minimum Gasteiger partial charge on any atom is -0.508 e. The molecule has 4 heteroatoms. The van der Waals surface area contributed by atoms with Crippen molar-refractivity contribution >= 4 is 11.9 Å². The molecule has 0 radical (unpaired) electrons. The van der Waals surface area contributed by atoms with Crippen LogP contribution in [0.5, 0.6) is 5.75 Å². The van der Waals surface area contributed by atoms with Crippen molar-refractivity contribution in [3.63, 3.8) is 0 Å². The SMILES string of the molecule is NC[C@H](O)c1ccc(O)c2c1C=CC(=O)C2. The Labute approximate surface area is 93.0 Å². The molecule has 0 aromatic heterocycles. The lowest BCUT2D eigenvalue weighted by molar-refractivity contribution is -0.114. The molecule has 4 nitrogen and oxygen atoms in total. The minimum absolute atomic E-state index is 0.0535. The Bertz CT molecular complexity index is 466. The zero-order valence-electron chi connectivity index (χ0n) is 8.68. The standard InChI is InChI=1S/C12H13NO3/c13-6-12(16)9-3-4-11(15)10-5-7(14)1-2-8(9)10/h1-4,12,15-16H,5-6,13H2/t12-/m0/s1. The van der Waals surface area contributed by atoms with E-state index in [1.54, 1.807) is 12.1 Å². The fraction of sp³-hybridized carbons (Fsp3) is 0.250. The molecule has 84 valence electrons. The van der Waals surface area contributed by atoms with Crippen molar-refractivity contribution in [2.75, 3.05) is 6.54 Å². The van der Waals surface area contributed by atoms with Crippen molar-refractivity contribution in [3.05, 3.63) is 34.9 Å². The highest BCUT2D eigenvalue weighted by Gasteiger charge is 2.20. The summed E-state index contributed by atoms with van der Waals surface area (Å²) in [4.78, 5) is 11.2. The first kappa shape index (κ1) is 10.9. The molecule has 0 amide bonds. The summed E-state index contributed by atoms with van der Waals surface area (Å²) in [7, 11) is 0. The van der Waals surface area contributed by atoms with E-state index in [1.165, 1.54) is 12.1 Å². The molecule has 1 aliphatic rings. The quantitative estimate of drug-likeness (QED) is 0.677. The Morgan fingerprint density at radius 2 is 2.12 bits per heavy atom. The van der Waals surface area contributed by atoms with Crippen LogP contribution < -0.4 is 5.73 Å². The molecule has 16 heavy (non-hydrogen) atoms. The van der Waals surface area contributed by atoms with Crippen molar-refractivity contribution in [3.8, 4) is 5.75 Å². The Kier molecular flexibility index (Phi) is 2.77. The predicted octanol–water partition coefficient (Wildman–Crippen LogP) is 0.523. The second-order valence-corrected chi connectivity index (χ2v) is 3.79. The van der Waals surface area contributed by atoms with Crippen LogP contribution in [0, 0.1) is 0 Å².